The quantitative estimate of drug-likeness (QED) is 0.738. The van der Waals surface area contributed by atoms with Crippen LogP contribution < -0.4 is 0 Å². The first-order chi connectivity index (χ1) is 6.83. The second kappa shape index (κ2) is 4.63. The molecule has 14 heavy (non-hydrogen) atoms. The molecule has 82 valence electrons. The van der Waals surface area contributed by atoms with Crippen molar-refractivity contribution in [3.63, 3.8) is 0 Å². The summed E-state index contributed by atoms with van der Waals surface area (Å²) in [5, 5.41) is 9.93. The van der Waals surface area contributed by atoms with Gasteiger partial charge in [-0.15, -0.1) is 0 Å². The van der Waals surface area contributed by atoms with E-state index in [0.717, 1.165) is 19.4 Å². The summed E-state index contributed by atoms with van der Waals surface area (Å²) >= 11 is 0. The Bertz CT molecular complexity index is 181. The summed E-state index contributed by atoms with van der Waals surface area (Å²) in [4.78, 5) is 0. The van der Waals surface area contributed by atoms with E-state index in [1.54, 1.807) is 0 Å². The van der Waals surface area contributed by atoms with Crippen LogP contribution in [0.3, 0.4) is 0 Å². The molecule has 0 bridgehead atoms. The van der Waals surface area contributed by atoms with E-state index in [1.165, 1.54) is 25.7 Å². The first kappa shape index (κ1) is 10.4. The third kappa shape index (κ3) is 1.96. The number of ether oxygens (including phenoxy) is 1. The highest BCUT2D eigenvalue weighted by Gasteiger charge is 2.40. The van der Waals surface area contributed by atoms with E-state index in [-0.39, 0.29) is 6.10 Å². The number of aliphatic hydroxyl groups excluding tert-OH is 1. The summed E-state index contributed by atoms with van der Waals surface area (Å²) in [7, 11) is 0. The molecule has 0 spiro atoms. The molecule has 0 heterocycles. The summed E-state index contributed by atoms with van der Waals surface area (Å²) in [5.41, 5.74) is 0. The normalized spacial score (nSPS) is 43.3. The Morgan fingerprint density at radius 1 is 1.07 bits per heavy atom. The van der Waals surface area contributed by atoms with Gasteiger partial charge in [-0.3, -0.25) is 0 Å². The Balaban J connectivity index is 2.00. The number of rotatable bonds is 2. The fourth-order valence-corrected chi connectivity index (χ4v) is 3.31. The zero-order chi connectivity index (χ0) is 9.97. The predicted octanol–water partition coefficient (Wildman–Crippen LogP) is 2.35. The van der Waals surface area contributed by atoms with Crippen molar-refractivity contribution in [2.45, 2.75) is 57.7 Å². The van der Waals surface area contributed by atoms with Crippen LogP contribution in [-0.4, -0.2) is 23.9 Å². The van der Waals surface area contributed by atoms with Crippen LogP contribution >= 0.6 is 0 Å². The summed E-state index contributed by atoms with van der Waals surface area (Å²) in [6.07, 6.45) is 7.53. The van der Waals surface area contributed by atoms with Gasteiger partial charge in [-0.2, -0.15) is 0 Å². The van der Waals surface area contributed by atoms with E-state index in [9.17, 15) is 5.11 Å². The minimum atomic E-state index is -0.0444. The highest BCUT2D eigenvalue weighted by molar-refractivity contribution is 4.90. The predicted molar refractivity (Wildman–Crippen MR) is 56.1 cm³/mol. The van der Waals surface area contributed by atoms with Gasteiger partial charge in [-0.25, -0.2) is 0 Å². The van der Waals surface area contributed by atoms with E-state index >= 15 is 0 Å². The maximum Gasteiger partial charge on any atom is 0.0607 e. The number of hydrogen-bond donors (Lipinski definition) is 1. The van der Waals surface area contributed by atoms with Gasteiger partial charge in [0.2, 0.25) is 0 Å². The van der Waals surface area contributed by atoms with Gasteiger partial charge in [-0.1, -0.05) is 12.8 Å². The molecule has 2 nitrogen and oxygen atoms in total. The fraction of sp³-hybridized carbons (Fsp3) is 1.00. The molecule has 2 rings (SSSR count). The van der Waals surface area contributed by atoms with Gasteiger partial charge >= 0.3 is 0 Å². The molecule has 2 saturated carbocycles. The van der Waals surface area contributed by atoms with Gasteiger partial charge in [0.25, 0.3) is 0 Å². The summed E-state index contributed by atoms with van der Waals surface area (Å²) in [6, 6.07) is 0. The first-order valence-electron chi connectivity index (χ1n) is 6.12. The lowest BCUT2D eigenvalue weighted by atomic mass is 9.68. The Morgan fingerprint density at radius 2 is 1.79 bits per heavy atom. The van der Waals surface area contributed by atoms with E-state index in [4.69, 9.17) is 4.74 Å². The van der Waals surface area contributed by atoms with Crippen LogP contribution in [0.15, 0.2) is 0 Å². The number of hydrogen-bond acceptors (Lipinski definition) is 2. The molecule has 0 aromatic carbocycles. The van der Waals surface area contributed by atoms with Crippen LogP contribution in [0.1, 0.15) is 45.4 Å². The standard InChI is InChI=1S/C12H22O2/c1-2-14-12-8-7-11(13)9-5-3-4-6-10(9)12/h9-13H,2-8H2,1H3. The molecular formula is C12H22O2. The van der Waals surface area contributed by atoms with E-state index in [0.29, 0.717) is 17.9 Å². The molecular weight excluding hydrogens is 176 g/mol. The van der Waals surface area contributed by atoms with E-state index in [2.05, 4.69) is 6.92 Å². The number of fused-ring (bicyclic) bond motifs is 1. The molecule has 2 heteroatoms. The van der Waals surface area contributed by atoms with Crippen LogP contribution in [0.5, 0.6) is 0 Å². The van der Waals surface area contributed by atoms with Crippen LogP contribution in [0, 0.1) is 11.8 Å². The van der Waals surface area contributed by atoms with Crippen molar-refractivity contribution in [3.8, 4) is 0 Å². The average molecular weight is 198 g/mol. The Kier molecular flexibility index (Phi) is 3.45. The van der Waals surface area contributed by atoms with Gasteiger partial charge in [-0.05, 0) is 44.4 Å². The van der Waals surface area contributed by atoms with Crippen LogP contribution in [0.2, 0.25) is 0 Å². The van der Waals surface area contributed by atoms with Gasteiger partial charge in [0.15, 0.2) is 0 Å². The lowest BCUT2D eigenvalue weighted by Crippen LogP contribution is -2.43. The van der Waals surface area contributed by atoms with Crippen LogP contribution in [-0.2, 0) is 4.74 Å². The van der Waals surface area contributed by atoms with Gasteiger partial charge in [0.1, 0.15) is 0 Å². The van der Waals surface area contributed by atoms with Gasteiger partial charge in [0.05, 0.1) is 12.2 Å². The fourth-order valence-electron chi connectivity index (χ4n) is 3.31. The van der Waals surface area contributed by atoms with E-state index < -0.39 is 0 Å². The molecule has 0 radical (unpaired) electrons. The molecule has 4 atom stereocenters. The second-order valence-corrected chi connectivity index (χ2v) is 4.75. The summed E-state index contributed by atoms with van der Waals surface area (Å²) < 4.78 is 5.79. The molecule has 2 aliphatic rings. The minimum Gasteiger partial charge on any atom is -0.393 e. The topological polar surface area (TPSA) is 29.5 Å². The minimum absolute atomic E-state index is 0.0444. The lowest BCUT2D eigenvalue weighted by molar-refractivity contribution is -0.0892. The smallest absolute Gasteiger partial charge is 0.0607 e. The van der Waals surface area contributed by atoms with Crippen LogP contribution in [0.4, 0.5) is 0 Å². The molecule has 0 saturated heterocycles. The van der Waals surface area contributed by atoms with Crippen molar-refractivity contribution >= 4 is 0 Å². The Labute approximate surface area is 86.6 Å². The van der Waals surface area contributed by atoms with Crippen molar-refractivity contribution in [2.24, 2.45) is 11.8 Å². The summed E-state index contributed by atoms with van der Waals surface area (Å²) in [6.45, 7) is 2.90. The zero-order valence-electron chi connectivity index (χ0n) is 9.11. The second-order valence-electron chi connectivity index (χ2n) is 4.75. The maximum absolute atomic E-state index is 9.93. The summed E-state index contributed by atoms with van der Waals surface area (Å²) in [5.74, 6) is 1.18. The first-order valence-corrected chi connectivity index (χ1v) is 6.12. The van der Waals surface area contributed by atoms with Crippen molar-refractivity contribution in [1.29, 1.82) is 0 Å². The highest BCUT2D eigenvalue weighted by atomic mass is 16.5. The highest BCUT2D eigenvalue weighted by Crippen LogP contribution is 2.41. The molecule has 0 amide bonds. The molecule has 0 aromatic rings. The zero-order valence-corrected chi connectivity index (χ0v) is 9.11. The van der Waals surface area contributed by atoms with Gasteiger partial charge in [0, 0.05) is 6.61 Å². The SMILES string of the molecule is CCOC1CCC(O)C2CCCCC12. The maximum atomic E-state index is 9.93. The van der Waals surface area contributed by atoms with E-state index in [1.807, 2.05) is 0 Å². The third-order valence-corrected chi connectivity index (χ3v) is 3.97. The Hall–Kier alpha value is -0.0800. The third-order valence-electron chi connectivity index (χ3n) is 3.97. The molecule has 0 aromatic heterocycles. The average Bonchev–Trinajstić information content (AvgIpc) is 2.23. The Morgan fingerprint density at radius 3 is 2.50 bits per heavy atom. The molecule has 2 aliphatic carbocycles. The van der Waals surface area contributed by atoms with Crippen molar-refractivity contribution in [3.05, 3.63) is 0 Å². The molecule has 0 aliphatic heterocycles. The number of aliphatic hydroxyl groups is 1. The molecule has 1 N–H and O–H groups in total. The molecule has 2 fully saturated rings. The van der Waals surface area contributed by atoms with Gasteiger partial charge < -0.3 is 9.84 Å². The van der Waals surface area contributed by atoms with Crippen molar-refractivity contribution in [2.75, 3.05) is 6.61 Å². The van der Waals surface area contributed by atoms with Crippen LogP contribution in [0.25, 0.3) is 0 Å². The van der Waals surface area contributed by atoms with Crippen molar-refractivity contribution in [1.82, 2.24) is 0 Å². The molecule has 4 unspecified atom stereocenters. The van der Waals surface area contributed by atoms with Crippen molar-refractivity contribution < 1.29 is 9.84 Å². The lowest BCUT2D eigenvalue weighted by Gasteiger charge is -2.43. The largest absolute Gasteiger partial charge is 0.393 e. The monoisotopic (exact) mass is 198 g/mol.